The number of methoxy groups -OCH3 is 1. The molecular weight excluding hydrogens is 316 g/mol. The molecule has 0 saturated carbocycles. The lowest BCUT2D eigenvalue weighted by Gasteiger charge is -2.19. The molecule has 0 heterocycles. The molecule has 0 unspecified atom stereocenters. The first-order valence-corrected chi connectivity index (χ1v) is 8.12. The molecule has 5 nitrogen and oxygen atoms in total. The molecule has 2 N–H and O–H groups in total. The maximum atomic E-state index is 12.0. The molecule has 0 bridgehead atoms. The number of nitrogens with one attached hydrogen (secondary N) is 2. The first-order valence-electron chi connectivity index (χ1n) is 8.12. The van der Waals surface area contributed by atoms with E-state index in [0.29, 0.717) is 11.4 Å². The third-order valence-electron chi connectivity index (χ3n) is 3.80. The van der Waals surface area contributed by atoms with Crippen LogP contribution in [0.5, 0.6) is 5.75 Å². The zero-order valence-corrected chi connectivity index (χ0v) is 15.1. The second kappa shape index (κ2) is 7.83. The Labute approximate surface area is 148 Å². The molecule has 0 fully saturated rings. The number of hydrogen-bond acceptors (Lipinski definition) is 3. The summed E-state index contributed by atoms with van der Waals surface area (Å²) in [7, 11) is 1.58. The highest BCUT2D eigenvalue weighted by atomic mass is 16.5. The summed E-state index contributed by atoms with van der Waals surface area (Å²) in [6, 6.07) is 14.8. The molecule has 132 valence electrons. The summed E-state index contributed by atoms with van der Waals surface area (Å²) in [5.41, 5.74) is 2.65. The number of anilines is 1. The predicted octanol–water partition coefficient (Wildman–Crippen LogP) is 3.25. The molecule has 2 aromatic rings. The number of benzene rings is 2. The Hall–Kier alpha value is -2.82. The summed E-state index contributed by atoms with van der Waals surface area (Å²) in [5.74, 6) is -0.663. The van der Waals surface area contributed by atoms with Crippen LogP contribution in [0.1, 0.15) is 31.9 Å². The van der Waals surface area contributed by atoms with Crippen LogP contribution in [0.2, 0.25) is 0 Å². The van der Waals surface area contributed by atoms with Gasteiger partial charge in [0, 0.05) is 12.2 Å². The molecule has 0 atom stereocenters. The van der Waals surface area contributed by atoms with Crippen molar-refractivity contribution < 1.29 is 14.3 Å². The van der Waals surface area contributed by atoms with Crippen molar-refractivity contribution in [2.75, 3.05) is 12.4 Å². The van der Waals surface area contributed by atoms with Gasteiger partial charge in [0.2, 0.25) is 0 Å². The van der Waals surface area contributed by atoms with Gasteiger partial charge in [0.05, 0.1) is 7.11 Å². The Morgan fingerprint density at radius 1 is 1.00 bits per heavy atom. The van der Waals surface area contributed by atoms with E-state index in [1.54, 1.807) is 19.2 Å². The Morgan fingerprint density at radius 3 is 2.28 bits per heavy atom. The summed E-state index contributed by atoms with van der Waals surface area (Å²) in [6.45, 7) is 6.61. The summed E-state index contributed by atoms with van der Waals surface area (Å²) in [5, 5.41) is 5.20. The topological polar surface area (TPSA) is 67.4 Å². The Morgan fingerprint density at radius 2 is 1.68 bits per heavy atom. The normalized spacial score (nSPS) is 10.9. The Balaban J connectivity index is 1.90. The van der Waals surface area contributed by atoms with Gasteiger partial charge in [-0.1, -0.05) is 45.0 Å². The minimum Gasteiger partial charge on any atom is -0.497 e. The summed E-state index contributed by atoms with van der Waals surface area (Å²) < 4.78 is 5.13. The first kappa shape index (κ1) is 18.5. The van der Waals surface area contributed by atoms with Gasteiger partial charge in [0.15, 0.2) is 0 Å². The molecule has 0 aliphatic carbocycles. The molecule has 2 amide bonds. The van der Waals surface area contributed by atoms with Crippen molar-refractivity contribution >= 4 is 17.5 Å². The quantitative estimate of drug-likeness (QED) is 0.840. The lowest BCUT2D eigenvalue weighted by molar-refractivity contribution is -0.136. The fraction of sp³-hybridized carbons (Fsp3) is 0.300. The molecule has 0 aliphatic rings. The van der Waals surface area contributed by atoms with Crippen molar-refractivity contribution in [1.29, 1.82) is 0 Å². The van der Waals surface area contributed by atoms with Crippen molar-refractivity contribution in [3.8, 4) is 5.75 Å². The van der Waals surface area contributed by atoms with Gasteiger partial charge < -0.3 is 15.4 Å². The van der Waals surface area contributed by atoms with Crippen LogP contribution in [0.3, 0.4) is 0 Å². The number of carbonyl (C=O) groups excluding carboxylic acids is 2. The van der Waals surface area contributed by atoms with Crippen LogP contribution >= 0.6 is 0 Å². The van der Waals surface area contributed by atoms with Gasteiger partial charge in [0.25, 0.3) is 0 Å². The van der Waals surface area contributed by atoms with E-state index >= 15 is 0 Å². The van der Waals surface area contributed by atoms with E-state index in [2.05, 4.69) is 31.4 Å². The zero-order chi connectivity index (χ0) is 18.4. The van der Waals surface area contributed by atoms with E-state index in [9.17, 15) is 9.59 Å². The van der Waals surface area contributed by atoms with E-state index in [0.717, 1.165) is 11.1 Å². The van der Waals surface area contributed by atoms with E-state index in [1.807, 2.05) is 36.4 Å². The largest absolute Gasteiger partial charge is 0.497 e. The van der Waals surface area contributed by atoms with Crippen molar-refractivity contribution in [2.24, 2.45) is 0 Å². The van der Waals surface area contributed by atoms with Gasteiger partial charge in [-0.2, -0.15) is 0 Å². The van der Waals surface area contributed by atoms with Crippen LogP contribution in [-0.4, -0.2) is 18.9 Å². The Kier molecular flexibility index (Phi) is 5.80. The molecule has 2 rings (SSSR count). The summed E-state index contributed by atoms with van der Waals surface area (Å²) in [4.78, 5) is 23.9. The zero-order valence-electron chi connectivity index (χ0n) is 15.1. The maximum Gasteiger partial charge on any atom is 0.313 e. The Bertz CT molecular complexity index is 746. The summed E-state index contributed by atoms with van der Waals surface area (Å²) >= 11 is 0. The molecule has 0 aromatic heterocycles. The number of ether oxygens (including phenoxy) is 1. The van der Waals surface area contributed by atoms with Crippen molar-refractivity contribution in [3.63, 3.8) is 0 Å². The lowest BCUT2D eigenvalue weighted by Crippen LogP contribution is -2.34. The van der Waals surface area contributed by atoms with Gasteiger partial charge >= 0.3 is 11.8 Å². The van der Waals surface area contributed by atoms with Crippen molar-refractivity contribution in [1.82, 2.24) is 5.32 Å². The van der Waals surface area contributed by atoms with Crippen molar-refractivity contribution in [2.45, 2.75) is 32.7 Å². The van der Waals surface area contributed by atoms with Crippen LogP contribution in [0.4, 0.5) is 5.69 Å². The van der Waals surface area contributed by atoms with Crippen molar-refractivity contribution in [3.05, 3.63) is 59.7 Å². The monoisotopic (exact) mass is 340 g/mol. The van der Waals surface area contributed by atoms with Crippen LogP contribution < -0.4 is 15.4 Å². The number of hydrogen-bond donors (Lipinski definition) is 2. The maximum absolute atomic E-state index is 12.0. The van der Waals surface area contributed by atoms with Gasteiger partial charge in [-0.15, -0.1) is 0 Å². The third kappa shape index (κ3) is 5.35. The van der Waals surface area contributed by atoms with Crippen LogP contribution in [0, 0.1) is 0 Å². The minimum atomic E-state index is -0.689. The molecular formula is C20H24N2O3. The standard InChI is InChI=1S/C20H24N2O3/c1-20(2,3)15-8-10-16(11-9-15)22-19(24)18(23)21-13-14-6-5-7-17(12-14)25-4/h5-12H,13H2,1-4H3,(H,21,23)(H,22,24). The molecule has 0 aliphatic heterocycles. The number of amides is 2. The van der Waals surface area contributed by atoms with Gasteiger partial charge in [0.1, 0.15) is 5.75 Å². The van der Waals surface area contributed by atoms with Gasteiger partial charge in [-0.25, -0.2) is 0 Å². The predicted molar refractivity (Wildman–Crippen MR) is 98.6 cm³/mol. The molecule has 0 spiro atoms. The van der Waals surface area contributed by atoms with Crippen LogP contribution in [0.25, 0.3) is 0 Å². The smallest absolute Gasteiger partial charge is 0.313 e. The van der Waals surface area contributed by atoms with E-state index in [-0.39, 0.29) is 12.0 Å². The third-order valence-corrected chi connectivity index (χ3v) is 3.80. The highest BCUT2D eigenvalue weighted by Gasteiger charge is 2.15. The molecule has 2 aromatic carbocycles. The molecule has 0 saturated heterocycles. The van der Waals surface area contributed by atoms with Gasteiger partial charge in [-0.3, -0.25) is 9.59 Å². The first-order chi connectivity index (χ1) is 11.8. The average Bonchev–Trinajstić information content (AvgIpc) is 2.59. The van der Waals surface area contributed by atoms with E-state index in [4.69, 9.17) is 4.74 Å². The number of carbonyl (C=O) groups is 2. The van der Waals surface area contributed by atoms with E-state index in [1.165, 1.54) is 0 Å². The van der Waals surface area contributed by atoms with Gasteiger partial charge in [-0.05, 0) is 40.8 Å². The average molecular weight is 340 g/mol. The lowest BCUT2D eigenvalue weighted by atomic mass is 9.87. The highest BCUT2D eigenvalue weighted by molar-refractivity contribution is 6.39. The summed E-state index contributed by atoms with van der Waals surface area (Å²) in [6.07, 6.45) is 0. The van der Waals surface area contributed by atoms with Crippen LogP contribution in [0.15, 0.2) is 48.5 Å². The van der Waals surface area contributed by atoms with Crippen LogP contribution in [-0.2, 0) is 21.5 Å². The van der Waals surface area contributed by atoms with E-state index < -0.39 is 11.8 Å². The fourth-order valence-electron chi connectivity index (χ4n) is 2.29. The second-order valence-electron chi connectivity index (χ2n) is 6.82. The SMILES string of the molecule is COc1cccc(CNC(=O)C(=O)Nc2ccc(C(C)(C)C)cc2)c1. The minimum absolute atomic E-state index is 0.0383. The molecule has 25 heavy (non-hydrogen) atoms. The molecule has 5 heteroatoms. The number of rotatable bonds is 4. The second-order valence-corrected chi connectivity index (χ2v) is 6.82. The fourth-order valence-corrected chi connectivity index (χ4v) is 2.29. The molecule has 0 radical (unpaired) electrons. The highest BCUT2D eigenvalue weighted by Crippen LogP contribution is 2.23.